The van der Waals surface area contributed by atoms with Crippen molar-refractivity contribution in [3.63, 3.8) is 0 Å². The zero-order chi connectivity index (χ0) is 25.7. The first-order chi connectivity index (χ1) is 17.9. The number of ether oxygens (including phenoxy) is 1. The number of aryl methyl sites for hydroxylation is 2. The van der Waals surface area contributed by atoms with Crippen molar-refractivity contribution in [1.29, 1.82) is 0 Å². The molecule has 0 radical (unpaired) electrons. The first kappa shape index (κ1) is 23.4. The summed E-state index contributed by atoms with van der Waals surface area (Å²) in [6.45, 7) is 4.96. The van der Waals surface area contributed by atoms with Gasteiger partial charge in [0.2, 0.25) is 0 Å². The molecule has 6 rings (SSSR count). The number of pyridine rings is 1. The van der Waals surface area contributed by atoms with E-state index in [2.05, 4.69) is 20.8 Å². The lowest BCUT2D eigenvalue weighted by atomic mass is 9.86. The van der Waals surface area contributed by atoms with Crippen LogP contribution in [0.5, 0.6) is 0 Å². The van der Waals surface area contributed by atoms with Crippen molar-refractivity contribution in [2.45, 2.75) is 32.7 Å². The maximum absolute atomic E-state index is 15.4. The number of hydrogen-bond donors (Lipinski definition) is 1. The zero-order valence-corrected chi connectivity index (χ0v) is 20.6. The second-order valence-corrected chi connectivity index (χ2v) is 9.61. The molecular weight excluding hydrogens is 473 g/mol. The number of rotatable bonds is 5. The smallest absolute Gasteiger partial charge is 0.337 e. The van der Waals surface area contributed by atoms with Gasteiger partial charge in [-0.2, -0.15) is 0 Å². The first-order valence-electron chi connectivity index (χ1n) is 12.4. The highest BCUT2D eigenvalue weighted by Gasteiger charge is 2.32. The summed E-state index contributed by atoms with van der Waals surface area (Å²) in [6, 6.07) is 14.1. The summed E-state index contributed by atoms with van der Waals surface area (Å²) in [7, 11) is 0. The van der Waals surface area contributed by atoms with Gasteiger partial charge in [0.15, 0.2) is 0 Å². The molecule has 0 bridgehead atoms. The third-order valence-corrected chi connectivity index (χ3v) is 7.42. The number of aromatic nitrogens is 3. The van der Waals surface area contributed by atoms with Gasteiger partial charge in [0, 0.05) is 35.9 Å². The molecule has 188 valence electrons. The Morgan fingerprint density at radius 1 is 1.11 bits per heavy atom. The van der Waals surface area contributed by atoms with E-state index in [4.69, 9.17) is 9.26 Å². The zero-order valence-electron chi connectivity index (χ0n) is 20.6. The molecule has 0 amide bonds. The van der Waals surface area contributed by atoms with Crippen molar-refractivity contribution in [3.8, 4) is 11.1 Å². The van der Waals surface area contributed by atoms with E-state index in [1.165, 1.54) is 12.3 Å². The number of carboxylic acids is 1. The monoisotopic (exact) mass is 499 g/mol. The Labute approximate surface area is 212 Å². The van der Waals surface area contributed by atoms with Crippen molar-refractivity contribution >= 4 is 27.9 Å². The van der Waals surface area contributed by atoms with Gasteiger partial charge < -0.3 is 18.9 Å². The fraction of sp³-hybridized carbons (Fsp3) is 0.276. The average Bonchev–Trinajstić information content (AvgIpc) is 3.41. The highest BCUT2D eigenvalue weighted by molar-refractivity contribution is 6.08. The molecule has 1 aliphatic heterocycles. The van der Waals surface area contributed by atoms with Crippen LogP contribution in [-0.2, 0) is 4.74 Å². The van der Waals surface area contributed by atoms with Gasteiger partial charge in [-0.3, -0.25) is 4.98 Å². The summed E-state index contributed by atoms with van der Waals surface area (Å²) in [4.78, 5) is 16.5. The van der Waals surface area contributed by atoms with E-state index in [0.29, 0.717) is 35.6 Å². The van der Waals surface area contributed by atoms with Gasteiger partial charge in [0.05, 0.1) is 33.8 Å². The molecule has 5 aromatic rings. The van der Waals surface area contributed by atoms with E-state index in [9.17, 15) is 9.90 Å². The number of halogens is 1. The molecule has 0 saturated carbocycles. The summed E-state index contributed by atoms with van der Waals surface area (Å²) < 4.78 is 28.6. The van der Waals surface area contributed by atoms with Crippen LogP contribution in [0.2, 0.25) is 0 Å². The molecule has 1 atom stereocenters. The second-order valence-electron chi connectivity index (χ2n) is 9.61. The number of carboxylic acid groups (broad SMARTS) is 1. The first-order valence-corrected chi connectivity index (χ1v) is 12.4. The average molecular weight is 500 g/mol. The van der Waals surface area contributed by atoms with E-state index in [1.54, 1.807) is 12.1 Å². The van der Waals surface area contributed by atoms with E-state index in [-0.39, 0.29) is 23.3 Å². The highest BCUT2D eigenvalue weighted by Crippen LogP contribution is 2.42. The van der Waals surface area contributed by atoms with E-state index in [0.717, 1.165) is 40.6 Å². The van der Waals surface area contributed by atoms with Crippen molar-refractivity contribution < 1.29 is 23.6 Å². The number of aromatic carboxylic acids is 1. The highest BCUT2D eigenvalue weighted by atomic mass is 19.1. The van der Waals surface area contributed by atoms with Crippen LogP contribution in [0.4, 0.5) is 4.39 Å². The lowest BCUT2D eigenvalue weighted by molar-refractivity contribution is 0.0548. The van der Waals surface area contributed by atoms with Crippen LogP contribution in [0.25, 0.3) is 33.1 Å². The van der Waals surface area contributed by atoms with Crippen LogP contribution in [0.1, 0.15) is 46.3 Å². The Morgan fingerprint density at radius 3 is 2.59 bits per heavy atom. The molecule has 1 saturated heterocycles. The van der Waals surface area contributed by atoms with Crippen molar-refractivity contribution in [2.75, 3.05) is 13.2 Å². The number of carbonyl (C=O) groups is 1. The van der Waals surface area contributed by atoms with Gasteiger partial charge in [-0.1, -0.05) is 35.5 Å². The van der Waals surface area contributed by atoms with Crippen LogP contribution in [0.15, 0.2) is 59.3 Å². The summed E-state index contributed by atoms with van der Waals surface area (Å²) in [6.07, 6.45) is 2.90. The molecule has 37 heavy (non-hydrogen) atoms. The normalized spacial score (nSPS) is 15.4. The molecule has 0 aliphatic carbocycles. The minimum Gasteiger partial charge on any atom is -0.478 e. The quantitative estimate of drug-likeness (QED) is 0.305. The van der Waals surface area contributed by atoms with Gasteiger partial charge >= 0.3 is 5.97 Å². The lowest BCUT2D eigenvalue weighted by Gasteiger charge is -2.33. The Balaban J connectivity index is 1.71. The van der Waals surface area contributed by atoms with E-state index in [1.807, 2.05) is 38.1 Å². The molecule has 1 fully saturated rings. The number of hydrogen-bond acceptors (Lipinski definition) is 5. The van der Waals surface area contributed by atoms with Gasteiger partial charge in [0.25, 0.3) is 0 Å². The van der Waals surface area contributed by atoms with Gasteiger partial charge in [-0.25, -0.2) is 9.18 Å². The summed E-state index contributed by atoms with van der Waals surface area (Å²) in [5.74, 6) is -0.559. The predicted octanol–water partition coefficient (Wildman–Crippen LogP) is 6.31. The largest absolute Gasteiger partial charge is 0.478 e. The molecular formula is C29H26FN3O4. The summed E-state index contributed by atoms with van der Waals surface area (Å²) >= 11 is 0. The minimum absolute atomic E-state index is 0.0839. The van der Waals surface area contributed by atoms with Crippen molar-refractivity contribution in [2.24, 2.45) is 5.92 Å². The van der Waals surface area contributed by atoms with Crippen LogP contribution in [0, 0.1) is 25.6 Å². The van der Waals surface area contributed by atoms with E-state index >= 15 is 4.39 Å². The Bertz CT molecular complexity index is 1630. The lowest BCUT2D eigenvalue weighted by Crippen LogP contribution is -2.27. The molecule has 7 nitrogen and oxygen atoms in total. The molecule has 2 aromatic carbocycles. The van der Waals surface area contributed by atoms with Crippen LogP contribution >= 0.6 is 0 Å². The fourth-order valence-electron chi connectivity index (χ4n) is 5.72. The molecule has 8 heteroatoms. The maximum Gasteiger partial charge on any atom is 0.337 e. The third kappa shape index (κ3) is 3.88. The third-order valence-electron chi connectivity index (χ3n) is 7.42. The molecule has 3 aromatic heterocycles. The fourth-order valence-corrected chi connectivity index (χ4v) is 5.72. The minimum atomic E-state index is -1.06. The van der Waals surface area contributed by atoms with Gasteiger partial charge in [-0.05, 0) is 56.4 Å². The standard InChI is InChI=1S/C29H26FN3O4/c1-16-26(17(2)37-32-16)19-7-8-22-24(13-19)33(25-14-20(29(34)35)15-31-27(22)25)28(18-9-11-36-12-10-18)21-5-3-4-6-23(21)30/h3-8,13-15,18,28H,9-12H2,1-2H3,(H,34,35). The van der Waals surface area contributed by atoms with E-state index < -0.39 is 5.97 Å². The Hall–Kier alpha value is -4.04. The van der Waals surface area contributed by atoms with Crippen molar-refractivity contribution in [3.05, 3.63) is 83.1 Å². The molecule has 0 spiro atoms. The number of nitrogens with zero attached hydrogens (tertiary/aromatic N) is 3. The second kappa shape index (κ2) is 9.12. The summed E-state index contributed by atoms with van der Waals surface area (Å²) in [5, 5.41) is 14.7. The maximum atomic E-state index is 15.4. The van der Waals surface area contributed by atoms with Gasteiger partial charge in [-0.15, -0.1) is 0 Å². The molecule has 1 aliphatic rings. The van der Waals surface area contributed by atoms with Crippen LogP contribution < -0.4 is 0 Å². The number of benzene rings is 2. The van der Waals surface area contributed by atoms with Crippen LogP contribution in [0.3, 0.4) is 0 Å². The predicted molar refractivity (Wildman–Crippen MR) is 137 cm³/mol. The van der Waals surface area contributed by atoms with Crippen LogP contribution in [-0.4, -0.2) is 39.0 Å². The van der Waals surface area contributed by atoms with Crippen molar-refractivity contribution in [1.82, 2.24) is 14.7 Å². The molecule has 1 unspecified atom stereocenters. The Kier molecular flexibility index (Phi) is 5.76. The van der Waals surface area contributed by atoms with Gasteiger partial charge in [0.1, 0.15) is 11.6 Å². The Morgan fingerprint density at radius 2 is 1.89 bits per heavy atom. The number of fused-ring (bicyclic) bond motifs is 3. The molecule has 4 heterocycles. The molecule has 1 N–H and O–H groups in total. The summed E-state index contributed by atoms with van der Waals surface area (Å²) in [5.41, 5.74) is 5.45. The SMILES string of the molecule is Cc1noc(C)c1-c1ccc2c3ncc(C(=O)O)cc3n(C(c3ccccc3F)C3CCOCC3)c2c1. The topological polar surface area (TPSA) is 90.4 Å².